The molecule has 2 nitrogen and oxygen atoms in total. The summed E-state index contributed by atoms with van der Waals surface area (Å²) in [5, 5.41) is 4.36. The molecule has 2 rings (SSSR count). The Hall–Kier alpha value is -0.790. The fourth-order valence-electron chi connectivity index (χ4n) is 1.61. The predicted molar refractivity (Wildman–Crippen MR) is 40.0 cm³/mol. The maximum atomic E-state index is 4.36. The first kappa shape index (κ1) is 5.96. The summed E-state index contributed by atoms with van der Waals surface area (Å²) in [5.41, 5.74) is 2.57. The lowest BCUT2D eigenvalue weighted by atomic mass is 10.1. The first-order valence-corrected chi connectivity index (χ1v) is 3.82. The highest BCUT2D eigenvalue weighted by atomic mass is 15.3. The highest BCUT2D eigenvalue weighted by Gasteiger charge is 2.19. The van der Waals surface area contributed by atoms with Crippen molar-refractivity contribution in [2.75, 3.05) is 0 Å². The molecule has 0 bridgehead atoms. The van der Waals surface area contributed by atoms with Crippen molar-refractivity contribution in [2.45, 2.75) is 32.7 Å². The molecule has 2 heteroatoms. The van der Waals surface area contributed by atoms with Crippen LogP contribution in [0.2, 0.25) is 0 Å². The van der Waals surface area contributed by atoms with Crippen LogP contribution >= 0.6 is 0 Å². The SMILES string of the molecule is Cc1cc2n(n1)CC[C@@H]2C. The van der Waals surface area contributed by atoms with E-state index in [4.69, 9.17) is 0 Å². The zero-order chi connectivity index (χ0) is 7.14. The second kappa shape index (κ2) is 1.84. The van der Waals surface area contributed by atoms with Crippen LogP contribution in [0, 0.1) is 6.92 Å². The topological polar surface area (TPSA) is 17.8 Å². The molecular formula is C8H12N2. The van der Waals surface area contributed by atoms with Gasteiger partial charge in [-0.2, -0.15) is 5.10 Å². The van der Waals surface area contributed by atoms with Gasteiger partial charge in [0.15, 0.2) is 0 Å². The van der Waals surface area contributed by atoms with Gasteiger partial charge >= 0.3 is 0 Å². The van der Waals surface area contributed by atoms with Gasteiger partial charge in [-0.15, -0.1) is 0 Å². The zero-order valence-electron chi connectivity index (χ0n) is 6.46. The Morgan fingerprint density at radius 3 is 3.20 bits per heavy atom. The number of hydrogen-bond donors (Lipinski definition) is 0. The monoisotopic (exact) mass is 136 g/mol. The van der Waals surface area contributed by atoms with Crippen LogP contribution in [0.1, 0.15) is 30.7 Å². The quantitative estimate of drug-likeness (QED) is 0.530. The fraction of sp³-hybridized carbons (Fsp3) is 0.625. The Kier molecular flexibility index (Phi) is 1.10. The van der Waals surface area contributed by atoms with Crippen molar-refractivity contribution < 1.29 is 0 Å². The molecule has 0 aromatic carbocycles. The second-order valence-corrected chi connectivity index (χ2v) is 3.12. The molecule has 0 saturated heterocycles. The standard InChI is InChI=1S/C8H12N2/c1-6-3-4-10-8(6)5-7(2)9-10/h5-6H,3-4H2,1-2H3/t6-/m0/s1. The Morgan fingerprint density at radius 1 is 1.70 bits per heavy atom. The number of aryl methyl sites for hydroxylation is 2. The summed E-state index contributed by atoms with van der Waals surface area (Å²) < 4.78 is 2.12. The van der Waals surface area contributed by atoms with Crippen LogP contribution < -0.4 is 0 Å². The summed E-state index contributed by atoms with van der Waals surface area (Å²) in [7, 11) is 0. The van der Waals surface area contributed by atoms with Gasteiger partial charge in [-0.25, -0.2) is 0 Å². The first-order chi connectivity index (χ1) is 4.77. The van der Waals surface area contributed by atoms with Gasteiger partial charge in [0, 0.05) is 12.2 Å². The summed E-state index contributed by atoms with van der Waals surface area (Å²) in [5.74, 6) is 0.723. The van der Waals surface area contributed by atoms with Crippen molar-refractivity contribution in [3.8, 4) is 0 Å². The van der Waals surface area contributed by atoms with Gasteiger partial charge < -0.3 is 0 Å². The summed E-state index contributed by atoms with van der Waals surface area (Å²) in [6.45, 7) is 5.43. The average Bonchev–Trinajstić information content (AvgIpc) is 2.35. The maximum Gasteiger partial charge on any atom is 0.0596 e. The summed E-state index contributed by atoms with van der Waals surface area (Å²) in [6.07, 6.45) is 1.27. The van der Waals surface area contributed by atoms with E-state index in [9.17, 15) is 0 Å². The minimum absolute atomic E-state index is 0.723. The number of fused-ring (bicyclic) bond motifs is 1. The molecule has 0 spiro atoms. The molecule has 1 aromatic rings. The minimum atomic E-state index is 0.723. The lowest BCUT2D eigenvalue weighted by Crippen LogP contribution is -1.93. The van der Waals surface area contributed by atoms with Crippen molar-refractivity contribution in [3.63, 3.8) is 0 Å². The number of hydrogen-bond acceptors (Lipinski definition) is 1. The van der Waals surface area contributed by atoms with Crippen LogP contribution in [0.4, 0.5) is 0 Å². The molecule has 0 fully saturated rings. The molecule has 0 radical (unpaired) electrons. The lowest BCUT2D eigenvalue weighted by molar-refractivity contribution is 0.638. The van der Waals surface area contributed by atoms with Crippen molar-refractivity contribution in [3.05, 3.63) is 17.5 Å². The largest absolute Gasteiger partial charge is 0.269 e. The lowest BCUT2D eigenvalue weighted by Gasteiger charge is -1.95. The van der Waals surface area contributed by atoms with Gasteiger partial charge in [-0.3, -0.25) is 4.68 Å². The second-order valence-electron chi connectivity index (χ2n) is 3.12. The van der Waals surface area contributed by atoms with E-state index in [0.717, 1.165) is 18.2 Å². The molecule has 0 N–H and O–H groups in total. The summed E-state index contributed by atoms with van der Waals surface area (Å²) in [6, 6.07) is 2.19. The van der Waals surface area contributed by atoms with Gasteiger partial charge in [0.1, 0.15) is 0 Å². The van der Waals surface area contributed by atoms with Gasteiger partial charge in [0.25, 0.3) is 0 Å². The molecule has 1 atom stereocenters. The highest BCUT2D eigenvalue weighted by molar-refractivity contribution is 5.15. The van der Waals surface area contributed by atoms with Gasteiger partial charge in [0.05, 0.1) is 5.69 Å². The van der Waals surface area contributed by atoms with Crippen LogP contribution in [0.15, 0.2) is 6.07 Å². The van der Waals surface area contributed by atoms with Crippen molar-refractivity contribution in [2.24, 2.45) is 0 Å². The van der Waals surface area contributed by atoms with Crippen LogP contribution in [0.25, 0.3) is 0 Å². The molecule has 10 heavy (non-hydrogen) atoms. The molecule has 0 saturated carbocycles. The molecule has 0 aliphatic carbocycles. The molecule has 0 unspecified atom stereocenters. The van der Waals surface area contributed by atoms with E-state index in [0.29, 0.717) is 0 Å². The van der Waals surface area contributed by atoms with Gasteiger partial charge in [-0.1, -0.05) is 6.92 Å². The number of nitrogens with zero attached hydrogens (tertiary/aromatic N) is 2. The average molecular weight is 136 g/mol. The van der Waals surface area contributed by atoms with Crippen LogP contribution in [0.3, 0.4) is 0 Å². The first-order valence-electron chi connectivity index (χ1n) is 3.82. The van der Waals surface area contributed by atoms with Crippen LogP contribution in [-0.2, 0) is 6.54 Å². The van der Waals surface area contributed by atoms with Gasteiger partial charge in [-0.05, 0) is 25.3 Å². The fourth-order valence-corrected chi connectivity index (χ4v) is 1.61. The molecule has 0 amide bonds. The Bertz CT molecular complexity index is 250. The van der Waals surface area contributed by atoms with E-state index in [-0.39, 0.29) is 0 Å². The van der Waals surface area contributed by atoms with Crippen molar-refractivity contribution >= 4 is 0 Å². The molecule has 2 heterocycles. The molecule has 1 aliphatic heterocycles. The number of rotatable bonds is 0. The molecule has 54 valence electrons. The van der Waals surface area contributed by atoms with E-state index < -0.39 is 0 Å². The summed E-state index contributed by atoms with van der Waals surface area (Å²) in [4.78, 5) is 0. The Labute approximate surface area is 60.9 Å². The molecule has 1 aliphatic rings. The van der Waals surface area contributed by atoms with E-state index in [1.54, 1.807) is 0 Å². The Balaban J connectivity index is 2.49. The van der Waals surface area contributed by atoms with E-state index >= 15 is 0 Å². The van der Waals surface area contributed by atoms with E-state index in [1.807, 2.05) is 0 Å². The van der Waals surface area contributed by atoms with Crippen molar-refractivity contribution in [1.82, 2.24) is 9.78 Å². The predicted octanol–water partition coefficient (Wildman–Crippen LogP) is 1.70. The van der Waals surface area contributed by atoms with Crippen LogP contribution in [-0.4, -0.2) is 9.78 Å². The Morgan fingerprint density at radius 2 is 2.50 bits per heavy atom. The maximum absolute atomic E-state index is 4.36. The van der Waals surface area contributed by atoms with Gasteiger partial charge in [0.2, 0.25) is 0 Å². The van der Waals surface area contributed by atoms with E-state index in [2.05, 4.69) is 29.7 Å². The number of aromatic nitrogens is 2. The third-order valence-electron chi connectivity index (χ3n) is 2.21. The zero-order valence-corrected chi connectivity index (χ0v) is 6.46. The van der Waals surface area contributed by atoms with Crippen molar-refractivity contribution in [1.29, 1.82) is 0 Å². The smallest absolute Gasteiger partial charge is 0.0596 e. The van der Waals surface area contributed by atoms with Crippen LogP contribution in [0.5, 0.6) is 0 Å². The van der Waals surface area contributed by atoms with E-state index in [1.165, 1.54) is 12.1 Å². The normalized spacial score (nSPS) is 23.2. The third kappa shape index (κ3) is 0.681. The molecule has 1 aromatic heterocycles. The summed E-state index contributed by atoms with van der Waals surface area (Å²) >= 11 is 0. The molecular weight excluding hydrogens is 124 g/mol. The minimum Gasteiger partial charge on any atom is -0.269 e. The highest BCUT2D eigenvalue weighted by Crippen LogP contribution is 2.26. The third-order valence-corrected chi connectivity index (χ3v) is 2.21.